The number of benzene rings is 4. The third-order valence-corrected chi connectivity index (χ3v) is 15.3. The highest BCUT2D eigenvalue weighted by Crippen LogP contribution is 2.41. The van der Waals surface area contributed by atoms with E-state index in [1.807, 2.05) is 13.8 Å². The fraction of sp³-hybridized carbons (Fsp3) is 0.453. The Bertz CT molecular complexity index is 3190. The number of carbonyl (C=O) groups excluding carboxylic acids is 1. The third kappa shape index (κ3) is 22.6. The van der Waals surface area contributed by atoms with Gasteiger partial charge in [-0.1, -0.05) is 84.5 Å². The molecule has 0 aliphatic heterocycles. The first-order valence-electron chi connectivity index (χ1n) is 28.7. The van der Waals surface area contributed by atoms with Crippen LogP contribution in [0.5, 0.6) is 34.5 Å². The minimum atomic E-state index is -3.07. The summed E-state index contributed by atoms with van der Waals surface area (Å²) < 4.78 is 92.9. The summed E-state index contributed by atoms with van der Waals surface area (Å²) in [6.07, 6.45) is 13.7. The predicted octanol–water partition coefficient (Wildman–Crippen LogP) is 15.3. The molecule has 23 heteroatoms. The number of hydrogen-bond acceptors (Lipinski definition) is 12. The van der Waals surface area contributed by atoms with Crippen LogP contribution in [0.3, 0.4) is 0 Å². The number of nitro groups is 1. The maximum Gasteiger partial charge on any atom is 0.387 e. The molecule has 0 amide bonds. The van der Waals surface area contributed by atoms with E-state index in [1.54, 1.807) is 48.0 Å². The lowest BCUT2D eigenvalue weighted by molar-refractivity contribution is -0.671. The molecule has 87 heavy (non-hydrogen) atoms. The first-order chi connectivity index (χ1) is 41.7. The molecule has 10 rings (SSSR count). The summed E-state index contributed by atoms with van der Waals surface area (Å²) in [6.45, 7) is 4.16. The highest BCUT2D eigenvalue weighted by atomic mass is 35.5. The van der Waals surface area contributed by atoms with Crippen LogP contribution in [0.15, 0.2) is 97.6 Å². The number of nitrogens with zero attached hydrogens (tertiary/aromatic N) is 3. The Kier molecular flexibility index (Phi) is 27.1. The molecule has 4 fully saturated rings. The predicted molar refractivity (Wildman–Crippen MR) is 323 cm³/mol. The van der Waals surface area contributed by atoms with E-state index >= 15 is 0 Å². The average molecular weight is 1300 g/mol. The first-order valence-corrected chi connectivity index (χ1v) is 30.2. The van der Waals surface area contributed by atoms with Gasteiger partial charge in [0, 0.05) is 43.2 Å². The van der Waals surface area contributed by atoms with E-state index < -0.39 is 36.3 Å². The van der Waals surface area contributed by atoms with Crippen molar-refractivity contribution >= 4 is 58.1 Å². The zero-order valence-electron chi connectivity index (χ0n) is 49.6. The summed E-state index contributed by atoms with van der Waals surface area (Å²) in [5.74, 6) is 2.24. The molecule has 0 spiro atoms. The highest BCUT2D eigenvalue weighted by molar-refractivity contribution is 6.36. The van der Waals surface area contributed by atoms with E-state index in [1.165, 1.54) is 78.6 Å². The van der Waals surface area contributed by atoms with Gasteiger partial charge in [0.25, 0.3) is 0 Å². The molecule has 2 aromatic heterocycles. The Morgan fingerprint density at radius 3 is 1.43 bits per heavy atom. The lowest BCUT2D eigenvalue weighted by Gasteiger charge is -2.21. The summed E-state index contributed by atoms with van der Waals surface area (Å²) in [6, 6.07) is 18.9. The van der Waals surface area contributed by atoms with Crippen LogP contribution in [0.4, 0.5) is 23.2 Å². The van der Waals surface area contributed by atoms with E-state index in [2.05, 4.69) is 41.5 Å². The smallest absolute Gasteiger partial charge is 0.387 e. The van der Waals surface area contributed by atoms with Crippen molar-refractivity contribution in [3.8, 4) is 34.5 Å². The molecule has 4 aliphatic carbocycles. The zero-order chi connectivity index (χ0) is 63.5. The quantitative estimate of drug-likeness (QED) is 0.0183. The molecule has 0 saturated heterocycles. The normalized spacial score (nSPS) is 14.7. The average Bonchev–Trinajstić information content (AvgIpc) is 3.84. The molecule has 4 aliphatic rings. The Balaban J connectivity index is 0.000000232. The minimum absolute atomic E-state index is 0.0272. The number of carbonyl (C=O) groups is 1. The largest absolute Gasteiger partial charge is 0.493 e. The second-order valence-corrected chi connectivity index (χ2v) is 23.0. The summed E-state index contributed by atoms with van der Waals surface area (Å²) >= 11 is 25.5. The third-order valence-electron chi connectivity index (χ3n) is 14.0. The van der Waals surface area contributed by atoms with Gasteiger partial charge >= 0.3 is 24.9 Å². The molecule has 4 saturated carbocycles. The van der Waals surface area contributed by atoms with Gasteiger partial charge in [-0.05, 0) is 148 Å². The molecular weight excluding hydrogens is 1220 g/mol. The van der Waals surface area contributed by atoms with Gasteiger partial charge in [0.2, 0.25) is 0 Å². The molecule has 472 valence electrons. The lowest BCUT2D eigenvalue weighted by atomic mass is 10.0. The number of nitro benzene ring substituents is 1. The SMILES string of the molecule is CC.CO.C[n+]1cc(Cl)c(C[C@H](O)c2ccc(OC(F)F)c(OCC3CC3)c2)c(Cl)c1.C[n+]1cc(Cl)c(C[C@H](OC(=O)c2ccc([N+](=O)[O-])c(OCC3CC3)c2)c2ccc(OC(F)F)c(OCC3CC3)c2)c(Cl)c1.Cc1ccc(C)c(OCC2CC2)c1. The van der Waals surface area contributed by atoms with Crippen molar-refractivity contribution in [3.05, 3.63) is 167 Å². The van der Waals surface area contributed by atoms with Gasteiger partial charge in [-0.2, -0.15) is 17.6 Å². The summed E-state index contributed by atoms with van der Waals surface area (Å²) in [5, 5.41) is 30.7. The van der Waals surface area contributed by atoms with Gasteiger partial charge in [-0.3, -0.25) is 10.1 Å². The number of ether oxygens (including phenoxy) is 7. The summed E-state index contributed by atoms with van der Waals surface area (Å²) in [5.41, 5.74) is 4.29. The second kappa shape index (κ2) is 33.8. The number of aliphatic hydroxyl groups is 2. The Labute approximate surface area is 525 Å². The van der Waals surface area contributed by atoms with Gasteiger partial charge in [-0.25, -0.2) is 13.9 Å². The summed E-state index contributed by atoms with van der Waals surface area (Å²) in [4.78, 5) is 24.5. The van der Waals surface area contributed by atoms with Gasteiger partial charge in [0.05, 0.1) is 43.0 Å². The Morgan fingerprint density at radius 1 is 0.575 bits per heavy atom. The number of aromatic nitrogens is 2. The molecule has 2 N–H and O–H groups in total. The Hall–Kier alpha value is -6.35. The topological polar surface area (TPSA) is 173 Å². The number of halogens is 8. The molecule has 0 bridgehead atoms. The number of hydrogen-bond donors (Lipinski definition) is 2. The first kappa shape index (κ1) is 69.7. The van der Waals surface area contributed by atoms with E-state index in [4.69, 9.17) is 75.2 Å². The fourth-order valence-corrected chi connectivity index (χ4v) is 9.88. The number of rotatable bonds is 25. The number of aliphatic hydroxyl groups excluding tert-OH is 2. The Morgan fingerprint density at radius 2 is 0.989 bits per heavy atom. The van der Waals surface area contributed by atoms with E-state index in [0.717, 1.165) is 63.9 Å². The van der Waals surface area contributed by atoms with Gasteiger partial charge < -0.3 is 43.4 Å². The number of aryl methyl sites for hydroxylation is 4. The molecule has 4 aromatic carbocycles. The van der Waals surface area contributed by atoms with E-state index in [9.17, 15) is 37.6 Å². The molecule has 6 aromatic rings. The van der Waals surface area contributed by atoms with Crippen LogP contribution in [-0.4, -0.2) is 67.9 Å². The van der Waals surface area contributed by atoms with Crippen LogP contribution in [0, 0.1) is 47.6 Å². The molecule has 2 heterocycles. The van der Waals surface area contributed by atoms with Crippen LogP contribution >= 0.6 is 46.4 Å². The zero-order valence-corrected chi connectivity index (χ0v) is 52.6. The van der Waals surface area contributed by atoms with Crippen molar-refractivity contribution < 1.29 is 79.8 Å². The van der Waals surface area contributed by atoms with Gasteiger partial charge in [-0.15, -0.1) is 0 Å². The van der Waals surface area contributed by atoms with Crippen molar-refractivity contribution in [3.63, 3.8) is 0 Å². The molecular formula is C64H75Cl4F4N3O12+2. The van der Waals surface area contributed by atoms with E-state index in [-0.39, 0.29) is 52.8 Å². The second-order valence-electron chi connectivity index (χ2n) is 21.4. The van der Waals surface area contributed by atoms with Crippen molar-refractivity contribution in [2.45, 2.75) is 117 Å². The van der Waals surface area contributed by atoms with Crippen molar-refractivity contribution in [2.75, 3.05) is 33.5 Å². The van der Waals surface area contributed by atoms with Crippen LogP contribution in [0.2, 0.25) is 20.1 Å². The minimum Gasteiger partial charge on any atom is -0.493 e. The van der Waals surface area contributed by atoms with Crippen LogP contribution in [-0.2, 0) is 31.7 Å². The van der Waals surface area contributed by atoms with Gasteiger partial charge in [0.15, 0.2) is 53.5 Å². The number of esters is 1. The number of pyridine rings is 2. The molecule has 0 unspecified atom stereocenters. The fourth-order valence-electron chi connectivity index (χ4n) is 8.45. The number of alkyl halides is 4. The van der Waals surface area contributed by atoms with E-state index in [0.29, 0.717) is 79.9 Å². The van der Waals surface area contributed by atoms with Crippen LogP contribution in [0.1, 0.15) is 121 Å². The van der Waals surface area contributed by atoms with Crippen molar-refractivity contribution in [1.82, 2.24) is 0 Å². The molecule has 15 nitrogen and oxygen atoms in total. The van der Waals surface area contributed by atoms with Crippen LogP contribution in [0.25, 0.3) is 0 Å². The standard InChI is InChI=1S/C30H29Cl2F2N2O7.C19H20Cl2F2NO3.C12H16O.C2H6.CH4O/c1-35-13-22(31)21(23(32)14-35)12-26(19-7-9-25(43-30(33)34)28(10-19)41-16-18-4-5-18)42-29(37)20-6-8-24(36(38)39)27(11-20)40-15-17-2-3-17;1-24-8-14(20)13(15(21)9-24)7-16(25)12-4-5-17(27-19(22)23)18(6-12)26-10-11-2-3-11;1-9-3-4-10(2)12(7-9)13-8-11-5-6-11;2*1-2/h6-11,13-14,17-18,26,30H,2-5,12,15-16H2,1H3;4-6,8-9,11,16,19,25H,2-3,7,10H2,1H3;3-4,7,11H,5-6,8H2,1-2H3;1-2H3;2H,1H3/q2*+1;;;/t26-;16-;;;/m00.../s1. The maximum atomic E-state index is 13.5. The lowest BCUT2D eigenvalue weighted by Crippen LogP contribution is -2.27. The molecule has 0 radical (unpaired) electrons. The molecule has 2 atom stereocenters. The highest BCUT2D eigenvalue weighted by Gasteiger charge is 2.30. The van der Waals surface area contributed by atoms with Crippen LogP contribution < -0.4 is 37.6 Å². The summed E-state index contributed by atoms with van der Waals surface area (Å²) in [7, 11) is 4.55. The van der Waals surface area contributed by atoms with Crippen molar-refractivity contribution in [2.24, 2.45) is 37.8 Å². The van der Waals surface area contributed by atoms with Crippen molar-refractivity contribution in [1.29, 1.82) is 0 Å². The monoisotopic (exact) mass is 1290 g/mol. The van der Waals surface area contributed by atoms with Gasteiger partial charge in [0.1, 0.15) is 46.0 Å². The maximum absolute atomic E-state index is 13.5.